The Balaban J connectivity index is 2.51. The van der Waals surface area contributed by atoms with Gasteiger partial charge in [0.25, 0.3) is 0 Å². The Labute approximate surface area is 137 Å². The molecule has 0 spiro atoms. The summed E-state index contributed by atoms with van der Waals surface area (Å²) in [4.78, 5) is 15.6. The molecular formula is C14H8BrClF3NO2. The standard InChI is InChI=1S/C14H8BrClF3NO2/c1-22-13(21)12-10(16)4-5-11(20-12)8-3-2-7(6-9(8)15)14(17,18)19/h2-6H,1H3. The van der Waals surface area contributed by atoms with E-state index >= 15 is 0 Å². The Morgan fingerprint density at radius 2 is 1.95 bits per heavy atom. The number of alkyl halides is 3. The third-order valence-electron chi connectivity index (χ3n) is 2.80. The van der Waals surface area contributed by atoms with E-state index in [2.05, 4.69) is 25.7 Å². The number of benzene rings is 1. The Bertz CT molecular complexity index is 735. The quantitative estimate of drug-likeness (QED) is 0.675. The van der Waals surface area contributed by atoms with Crippen molar-refractivity contribution in [2.75, 3.05) is 7.11 Å². The Morgan fingerprint density at radius 3 is 2.50 bits per heavy atom. The van der Waals surface area contributed by atoms with Gasteiger partial charge >= 0.3 is 12.1 Å². The van der Waals surface area contributed by atoms with E-state index in [0.29, 0.717) is 11.3 Å². The monoisotopic (exact) mass is 393 g/mol. The van der Waals surface area contributed by atoms with Crippen LogP contribution in [-0.2, 0) is 10.9 Å². The average molecular weight is 395 g/mol. The van der Waals surface area contributed by atoms with Crippen LogP contribution in [-0.4, -0.2) is 18.1 Å². The number of ether oxygens (including phenoxy) is 1. The normalized spacial score (nSPS) is 11.4. The fourth-order valence-electron chi connectivity index (χ4n) is 1.73. The second-order valence-corrected chi connectivity index (χ2v) is 5.47. The van der Waals surface area contributed by atoms with Crippen molar-refractivity contribution < 1.29 is 22.7 Å². The maximum Gasteiger partial charge on any atom is 0.416 e. The van der Waals surface area contributed by atoms with Gasteiger partial charge in [0, 0.05) is 10.0 Å². The van der Waals surface area contributed by atoms with Crippen LogP contribution in [0.2, 0.25) is 5.02 Å². The zero-order valence-corrected chi connectivity index (χ0v) is 13.4. The van der Waals surface area contributed by atoms with E-state index in [-0.39, 0.29) is 15.2 Å². The lowest BCUT2D eigenvalue weighted by Crippen LogP contribution is -2.07. The molecule has 1 aromatic heterocycles. The van der Waals surface area contributed by atoms with E-state index in [0.717, 1.165) is 12.1 Å². The summed E-state index contributed by atoms with van der Waals surface area (Å²) in [5, 5.41) is 0.0960. The van der Waals surface area contributed by atoms with Gasteiger partial charge in [-0.25, -0.2) is 9.78 Å². The lowest BCUT2D eigenvalue weighted by Gasteiger charge is -2.11. The van der Waals surface area contributed by atoms with Crippen molar-refractivity contribution in [2.24, 2.45) is 0 Å². The molecule has 1 heterocycles. The van der Waals surface area contributed by atoms with Gasteiger partial charge in [0.15, 0.2) is 5.69 Å². The summed E-state index contributed by atoms with van der Waals surface area (Å²) in [6.07, 6.45) is -4.44. The first-order valence-electron chi connectivity index (χ1n) is 5.86. The highest BCUT2D eigenvalue weighted by Crippen LogP contribution is 2.35. The first-order valence-corrected chi connectivity index (χ1v) is 7.03. The van der Waals surface area contributed by atoms with Crippen LogP contribution in [0.5, 0.6) is 0 Å². The van der Waals surface area contributed by atoms with Crippen molar-refractivity contribution in [2.45, 2.75) is 6.18 Å². The van der Waals surface area contributed by atoms with Crippen LogP contribution in [0.4, 0.5) is 13.2 Å². The van der Waals surface area contributed by atoms with Gasteiger partial charge in [-0.3, -0.25) is 0 Å². The van der Waals surface area contributed by atoms with Gasteiger partial charge in [-0.2, -0.15) is 13.2 Å². The van der Waals surface area contributed by atoms with Gasteiger partial charge in [-0.1, -0.05) is 33.6 Å². The Kier molecular flexibility index (Phi) is 4.77. The van der Waals surface area contributed by atoms with Gasteiger partial charge in [0.1, 0.15) is 0 Å². The number of aromatic nitrogens is 1. The number of rotatable bonds is 2. The fourth-order valence-corrected chi connectivity index (χ4v) is 2.50. The molecule has 8 heteroatoms. The zero-order valence-electron chi connectivity index (χ0n) is 11.0. The second kappa shape index (κ2) is 6.26. The highest BCUT2D eigenvalue weighted by Gasteiger charge is 2.31. The van der Waals surface area contributed by atoms with Crippen molar-refractivity contribution in [3.05, 3.63) is 51.1 Å². The Hall–Kier alpha value is -1.60. The van der Waals surface area contributed by atoms with Gasteiger partial charge in [-0.15, -0.1) is 0 Å². The summed E-state index contributed by atoms with van der Waals surface area (Å²) >= 11 is 8.94. The number of carbonyl (C=O) groups is 1. The number of hydrogen-bond donors (Lipinski definition) is 0. The molecule has 0 aliphatic heterocycles. The molecule has 3 nitrogen and oxygen atoms in total. The SMILES string of the molecule is COC(=O)c1nc(-c2ccc(C(F)(F)F)cc2Br)ccc1Cl. The minimum atomic E-state index is -4.44. The van der Waals surface area contributed by atoms with Crippen LogP contribution in [0.25, 0.3) is 11.3 Å². The summed E-state index contributed by atoms with van der Waals surface area (Å²) < 4.78 is 42.7. The lowest BCUT2D eigenvalue weighted by molar-refractivity contribution is -0.137. The molecule has 116 valence electrons. The van der Waals surface area contributed by atoms with Crippen molar-refractivity contribution in [1.82, 2.24) is 4.98 Å². The summed E-state index contributed by atoms with van der Waals surface area (Å²) in [5.74, 6) is -0.727. The molecule has 2 aromatic rings. The van der Waals surface area contributed by atoms with Gasteiger partial charge in [-0.05, 0) is 24.3 Å². The minimum absolute atomic E-state index is 0.0960. The maximum absolute atomic E-state index is 12.7. The van der Waals surface area contributed by atoms with Crippen molar-refractivity contribution in [3.8, 4) is 11.3 Å². The van der Waals surface area contributed by atoms with Crippen molar-refractivity contribution >= 4 is 33.5 Å². The molecule has 2 rings (SSSR count). The number of pyridine rings is 1. The fraction of sp³-hybridized carbons (Fsp3) is 0.143. The minimum Gasteiger partial charge on any atom is -0.464 e. The highest BCUT2D eigenvalue weighted by molar-refractivity contribution is 9.10. The molecule has 0 N–H and O–H groups in total. The molecule has 0 radical (unpaired) electrons. The lowest BCUT2D eigenvalue weighted by atomic mass is 10.1. The topological polar surface area (TPSA) is 39.2 Å². The number of hydrogen-bond acceptors (Lipinski definition) is 3. The smallest absolute Gasteiger partial charge is 0.416 e. The van der Waals surface area contributed by atoms with E-state index in [9.17, 15) is 18.0 Å². The number of halogens is 5. The molecule has 0 aliphatic rings. The number of esters is 1. The van der Waals surface area contributed by atoms with Gasteiger partial charge in [0.2, 0.25) is 0 Å². The van der Waals surface area contributed by atoms with Crippen molar-refractivity contribution in [1.29, 1.82) is 0 Å². The summed E-state index contributed by atoms with van der Waals surface area (Å²) in [6.45, 7) is 0. The molecule has 0 atom stereocenters. The number of methoxy groups -OCH3 is 1. The first kappa shape index (κ1) is 16.8. The molecule has 0 unspecified atom stereocenters. The predicted molar refractivity (Wildman–Crippen MR) is 78.7 cm³/mol. The first-order chi connectivity index (χ1) is 10.2. The zero-order chi connectivity index (χ0) is 16.5. The molecule has 0 fully saturated rings. The van der Waals surface area contributed by atoms with E-state index < -0.39 is 17.7 Å². The molecule has 0 aliphatic carbocycles. The third-order valence-corrected chi connectivity index (χ3v) is 3.76. The summed E-state index contributed by atoms with van der Waals surface area (Å²) in [6, 6.07) is 6.09. The van der Waals surface area contributed by atoms with Crippen LogP contribution in [0, 0.1) is 0 Å². The van der Waals surface area contributed by atoms with Crippen molar-refractivity contribution in [3.63, 3.8) is 0 Å². The highest BCUT2D eigenvalue weighted by atomic mass is 79.9. The van der Waals surface area contributed by atoms with E-state index in [4.69, 9.17) is 11.6 Å². The average Bonchev–Trinajstić information content (AvgIpc) is 2.46. The largest absolute Gasteiger partial charge is 0.464 e. The Morgan fingerprint density at radius 1 is 1.27 bits per heavy atom. The third kappa shape index (κ3) is 3.41. The van der Waals surface area contributed by atoms with Crippen LogP contribution in [0.1, 0.15) is 16.1 Å². The van der Waals surface area contributed by atoms with Gasteiger partial charge in [0.05, 0.1) is 23.4 Å². The molecule has 0 saturated carbocycles. The number of nitrogens with zero attached hydrogens (tertiary/aromatic N) is 1. The predicted octanol–water partition coefficient (Wildman–Crippen LogP) is 4.97. The second-order valence-electron chi connectivity index (χ2n) is 4.21. The van der Waals surface area contributed by atoms with E-state index in [1.165, 1.54) is 25.3 Å². The maximum atomic E-state index is 12.7. The summed E-state index contributed by atoms with van der Waals surface area (Å²) in [7, 11) is 1.18. The van der Waals surface area contributed by atoms with Gasteiger partial charge < -0.3 is 4.74 Å². The van der Waals surface area contributed by atoms with Crippen LogP contribution in [0.15, 0.2) is 34.8 Å². The number of carbonyl (C=O) groups excluding carboxylic acids is 1. The van der Waals surface area contributed by atoms with E-state index in [1.807, 2.05) is 0 Å². The van der Waals surface area contributed by atoms with Crippen LogP contribution in [0.3, 0.4) is 0 Å². The molecular weight excluding hydrogens is 387 g/mol. The molecule has 0 bridgehead atoms. The summed E-state index contributed by atoms with van der Waals surface area (Å²) in [5.41, 5.74) is -0.195. The van der Waals surface area contributed by atoms with Crippen LogP contribution < -0.4 is 0 Å². The molecule has 22 heavy (non-hydrogen) atoms. The van der Waals surface area contributed by atoms with Crippen LogP contribution >= 0.6 is 27.5 Å². The molecule has 1 aromatic carbocycles. The van der Waals surface area contributed by atoms with E-state index in [1.54, 1.807) is 0 Å². The molecule has 0 saturated heterocycles. The molecule has 0 amide bonds.